The average Bonchev–Trinajstić information content (AvgIpc) is 2.97. The van der Waals surface area contributed by atoms with E-state index in [0.717, 1.165) is 0 Å². The molecule has 41 heavy (non-hydrogen) atoms. The molecule has 1 fully saturated rings. The lowest BCUT2D eigenvalue weighted by Crippen LogP contribution is -2.23. The Morgan fingerprint density at radius 3 is 2.05 bits per heavy atom. The zero-order chi connectivity index (χ0) is 29.4. The van der Waals surface area contributed by atoms with Crippen LogP contribution in [0.5, 0.6) is 0 Å². The van der Waals surface area contributed by atoms with E-state index in [1.165, 1.54) is 24.3 Å². The van der Waals surface area contributed by atoms with E-state index in [4.69, 9.17) is 5.26 Å². The first-order chi connectivity index (χ1) is 19.6. The SMILES string of the molecule is CCc1cc(F)c(CCC2CCc3c(F)c(C4CCC(c5ccc(C#N)c(F)c5F)CC4)c(F)c(F)c3C2)c(F)c1. The molecule has 0 radical (unpaired) electrons. The van der Waals surface area contributed by atoms with Gasteiger partial charge in [0.1, 0.15) is 23.5 Å². The third kappa shape index (κ3) is 5.48. The Morgan fingerprint density at radius 1 is 0.756 bits per heavy atom. The second-order valence-electron chi connectivity index (χ2n) is 11.3. The van der Waals surface area contributed by atoms with Crippen LogP contribution in [0.4, 0.5) is 30.7 Å². The van der Waals surface area contributed by atoms with Gasteiger partial charge in [-0.3, -0.25) is 0 Å². The molecule has 5 rings (SSSR count). The predicted octanol–water partition coefficient (Wildman–Crippen LogP) is 9.27. The molecule has 0 spiro atoms. The number of rotatable bonds is 6. The van der Waals surface area contributed by atoms with Gasteiger partial charge < -0.3 is 0 Å². The number of aryl methyl sites for hydroxylation is 1. The van der Waals surface area contributed by atoms with E-state index in [1.807, 2.05) is 0 Å². The van der Waals surface area contributed by atoms with E-state index in [1.54, 1.807) is 13.0 Å². The van der Waals surface area contributed by atoms with Crippen LogP contribution >= 0.6 is 0 Å². The number of nitriles is 1. The van der Waals surface area contributed by atoms with Crippen LogP contribution in [0.2, 0.25) is 0 Å². The zero-order valence-corrected chi connectivity index (χ0v) is 22.7. The maximum Gasteiger partial charge on any atom is 0.176 e. The van der Waals surface area contributed by atoms with Crippen molar-refractivity contribution in [2.45, 2.75) is 83.0 Å². The van der Waals surface area contributed by atoms with Gasteiger partial charge in [-0.2, -0.15) is 5.26 Å². The summed E-state index contributed by atoms with van der Waals surface area (Å²) in [5.74, 6) is -7.72. The normalized spacial score (nSPS) is 20.5. The van der Waals surface area contributed by atoms with Gasteiger partial charge in [0.2, 0.25) is 0 Å². The van der Waals surface area contributed by atoms with Crippen molar-refractivity contribution < 1.29 is 30.7 Å². The summed E-state index contributed by atoms with van der Waals surface area (Å²) < 4.78 is 104. The summed E-state index contributed by atoms with van der Waals surface area (Å²) in [5, 5.41) is 8.90. The molecule has 1 nitrogen and oxygen atoms in total. The lowest BCUT2D eigenvalue weighted by Gasteiger charge is -2.32. The second-order valence-corrected chi connectivity index (χ2v) is 11.3. The van der Waals surface area contributed by atoms with Crippen molar-refractivity contribution in [3.8, 4) is 6.07 Å². The molecule has 0 saturated heterocycles. The highest BCUT2D eigenvalue weighted by molar-refractivity contribution is 5.41. The monoisotopic (exact) mass is 573 g/mol. The van der Waals surface area contributed by atoms with Gasteiger partial charge in [-0.25, -0.2) is 30.7 Å². The first-order valence-corrected chi connectivity index (χ1v) is 14.2. The maximum atomic E-state index is 15.7. The fraction of sp³-hybridized carbons (Fsp3) is 0.424. The van der Waals surface area contributed by atoms with Gasteiger partial charge in [-0.1, -0.05) is 13.0 Å². The largest absolute Gasteiger partial charge is 0.207 e. The number of halogens is 7. The Labute approximate surface area is 235 Å². The van der Waals surface area contributed by atoms with Crippen molar-refractivity contribution in [3.05, 3.63) is 104 Å². The van der Waals surface area contributed by atoms with Crippen LogP contribution in [-0.2, 0) is 25.7 Å². The molecule has 1 unspecified atom stereocenters. The smallest absolute Gasteiger partial charge is 0.176 e. The van der Waals surface area contributed by atoms with E-state index in [0.29, 0.717) is 37.7 Å². The van der Waals surface area contributed by atoms with Gasteiger partial charge in [0.25, 0.3) is 0 Å². The highest BCUT2D eigenvalue weighted by Crippen LogP contribution is 2.45. The third-order valence-corrected chi connectivity index (χ3v) is 9.07. The molecule has 0 aromatic heterocycles. The third-order valence-electron chi connectivity index (χ3n) is 9.07. The van der Waals surface area contributed by atoms with Crippen molar-refractivity contribution in [1.82, 2.24) is 0 Å². The van der Waals surface area contributed by atoms with Crippen LogP contribution in [0.15, 0.2) is 24.3 Å². The molecule has 0 bridgehead atoms. The van der Waals surface area contributed by atoms with Gasteiger partial charge >= 0.3 is 0 Å². The van der Waals surface area contributed by atoms with Crippen molar-refractivity contribution >= 4 is 0 Å². The summed E-state index contributed by atoms with van der Waals surface area (Å²) in [4.78, 5) is 0. The number of hydrogen-bond acceptors (Lipinski definition) is 1. The minimum atomic E-state index is -1.21. The van der Waals surface area contributed by atoms with Crippen molar-refractivity contribution in [2.24, 2.45) is 5.92 Å². The predicted molar refractivity (Wildman–Crippen MR) is 141 cm³/mol. The van der Waals surface area contributed by atoms with E-state index in [2.05, 4.69) is 0 Å². The first-order valence-electron chi connectivity index (χ1n) is 14.2. The zero-order valence-electron chi connectivity index (χ0n) is 22.7. The first kappa shape index (κ1) is 29.2. The van der Waals surface area contributed by atoms with Crippen molar-refractivity contribution in [3.63, 3.8) is 0 Å². The van der Waals surface area contributed by atoms with Crippen LogP contribution in [0.3, 0.4) is 0 Å². The summed E-state index contributed by atoms with van der Waals surface area (Å²) in [7, 11) is 0. The Balaban J connectivity index is 1.30. The van der Waals surface area contributed by atoms with E-state index in [-0.39, 0.29) is 77.3 Å². The summed E-state index contributed by atoms with van der Waals surface area (Å²) in [6.45, 7) is 1.80. The van der Waals surface area contributed by atoms with Gasteiger partial charge in [0, 0.05) is 11.1 Å². The van der Waals surface area contributed by atoms with Crippen LogP contribution in [-0.4, -0.2) is 0 Å². The number of fused-ring (bicyclic) bond motifs is 1. The van der Waals surface area contributed by atoms with Crippen LogP contribution in [0.1, 0.15) is 96.2 Å². The van der Waals surface area contributed by atoms with Crippen molar-refractivity contribution in [2.75, 3.05) is 0 Å². The minimum absolute atomic E-state index is 0.00825. The minimum Gasteiger partial charge on any atom is -0.207 e. The van der Waals surface area contributed by atoms with Crippen LogP contribution in [0, 0.1) is 58.0 Å². The summed E-state index contributed by atoms with van der Waals surface area (Å²) in [5.41, 5.74) is 0.131. The Bertz CT molecular complexity index is 1490. The fourth-order valence-corrected chi connectivity index (χ4v) is 6.70. The molecule has 216 valence electrons. The summed E-state index contributed by atoms with van der Waals surface area (Å²) in [6.07, 6.45) is 2.95. The molecule has 1 atom stereocenters. The fourth-order valence-electron chi connectivity index (χ4n) is 6.70. The lowest BCUT2D eigenvalue weighted by molar-refractivity contribution is 0.348. The van der Waals surface area contributed by atoms with Crippen LogP contribution in [0.25, 0.3) is 0 Å². The molecule has 0 amide bonds. The molecule has 2 aliphatic rings. The molecular formula is C33H30F7N. The average molecular weight is 574 g/mol. The maximum absolute atomic E-state index is 15.7. The molecule has 0 N–H and O–H groups in total. The lowest BCUT2D eigenvalue weighted by atomic mass is 9.73. The van der Waals surface area contributed by atoms with Gasteiger partial charge in [0.15, 0.2) is 23.3 Å². The quantitative estimate of drug-likeness (QED) is 0.213. The van der Waals surface area contributed by atoms with Crippen LogP contribution < -0.4 is 0 Å². The second kappa shape index (κ2) is 11.9. The van der Waals surface area contributed by atoms with E-state index >= 15 is 13.2 Å². The number of benzene rings is 3. The molecule has 2 aliphatic carbocycles. The van der Waals surface area contributed by atoms with Gasteiger partial charge in [0.05, 0.1) is 5.56 Å². The number of nitrogens with zero attached hydrogens (tertiary/aromatic N) is 1. The van der Waals surface area contributed by atoms with Gasteiger partial charge in [-0.05, 0) is 122 Å². The summed E-state index contributed by atoms with van der Waals surface area (Å²) >= 11 is 0. The molecule has 0 heterocycles. The van der Waals surface area contributed by atoms with Crippen molar-refractivity contribution in [1.29, 1.82) is 5.26 Å². The molecule has 8 heteroatoms. The van der Waals surface area contributed by atoms with E-state index in [9.17, 15) is 17.6 Å². The Hall–Kier alpha value is -3.34. The highest BCUT2D eigenvalue weighted by atomic mass is 19.2. The molecule has 3 aromatic carbocycles. The topological polar surface area (TPSA) is 23.8 Å². The molecular weight excluding hydrogens is 543 g/mol. The van der Waals surface area contributed by atoms with Gasteiger partial charge in [-0.15, -0.1) is 0 Å². The Kier molecular flexibility index (Phi) is 8.45. The molecule has 1 saturated carbocycles. The summed E-state index contributed by atoms with van der Waals surface area (Å²) in [6, 6.07) is 6.82. The number of hydrogen-bond donors (Lipinski definition) is 0. The molecule has 3 aromatic rings. The van der Waals surface area contributed by atoms with E-state index < -0.39 is 46.6 Å². The Morgan fingerprint density at radius 2 is 1.41 bits per heavy atom. The molecule has 0 aliphatic heterocycles. The highest BCUT2D eigenvalue weighted by Gasteiger charge is 2.35. The standard InChI is InChI=1S/C33H30F7N/c1-2-17-14-26(34)24(27(35)15-17)11-4-18-3-10-23-25(13-18)32(39)33(40)28(30(23)37)20-7-5-19(6-8-20)22-12-9-21(16-41)29(36)31(22)38/h9,12,14-15,18-20H,2-8,10-11,13H2,1H3.